The van der Waals surface area contributed by atoms with Crippen LogP contribution in [0, 0.1) is 0 Å². The van der Waals surface area contributed by atoms with Crippen molar-refractivity contribution < 1.29 is 13.2 Å². The average Bonchev–Trinajstić information content (AvgIpc) is 3.04. The summed E-state index contributed by atoms with van der Waals surface area (Å²) in [6.45, 7) is 8.13. The molecule has 1 unspecified atom stereocenters. The molecule has 1 atom stereocenters. The van der Waals surface area contributed by atoms with Crippen LogP contribution in [0.2, 0.25) is 0 Å². The highest BCUT2D eigenvalue weighted by molar-refractivity contribution is 7.92. The standard InChI is InChI=1S/C19H25NO3S2/c1-14(18(21)20-12-17-6-5-11-24-17)25(22,23)13-15-7-9-16(10-8-15)19(2,3)4/h5-11,14H,12-13H2,1-4H3,(H,20,21). The molecule has 136 valence electrons. The van der Waals surface area contributed by atoms with E-state index >= 15 is 0 Å². The number of carbonyl (C=O) groups is 1. The molecule has 6 heteroatoms. The van der Waals surface area contributed by atoms with E-state index in [1.807, 2.05) is 41.8 Å². The van der Waals surface area contributed by atoms with Crippen LogP contribution in [0.25, 0.3) is 0 Å². The minimum absolute atomic E-state index is 0.0202. The monoisotopic (exact) mass is 379 g/mol. The molecule has 0 aliphatic heterocycles. The summed E-state index contributed by atoms with van der Waals surface area (Å²) in [6, 6.07) is 11.4. The van der Waals surface area contributed by atoms with E-state index in [0.717, 1.165) is 10.4 Å². The van der Waals surface area contributed by atoms with Crippen LogP contribution in [-0.2, 0) is 32.3 Å². The molecule has 1 aromatic heterocycles. The van der Waals surface area contributed by atoms with Crippen LogP contribution < -0.4 is 5.32 Å². The van der Waals surface area contributed by atoms with Crippen molar-refractivity contribution in [2.24, 2.45) is 0 Å². The summed E-state index contributed by atoms with van der Waals surface area (Å²) < 4.78 is 25.1. The molecule has 0 radical (unpaired) electrons. The quantitative estimate of drug-likeness (QED) is 0.833. The van der Waals surface area contributed by atoms with Crippen molar-refractivity contribution in [3.8, 4) is 0 Å². The number of carbonyl (C=O) groups excluding carboxylic acids is 1. The van der Waals surface area contributed by atoms with Gasteiger partial charge in [0, 0.05) is 4.88 Å². The van der Waals surface area contributed by atoms with Gasteiger partial charge in [-0.25, -0.2) is 8.42 Å². The molecule has 0 fully saturated rings. The van der Waals surface area contributed by atoms with Crippen LogP contribution >= 0.6 is 11.3 Å². The first-order valence-corrected chi connectivity index (χ1v) is 10.8. The van der Waals surface area contributed by atoms with Gasteiger partial charge in [-0.05, 0) is 34.9 Å². The normalized spacial score (nSPS) is 13.4. The first-order valence-electron chi connectivity index (χ1n) is 8.21. The summed E-state index contributed by atoms with van der Waals surface area (Å²) in [6.07, 6.45) is 0. The zero-order valence-electron chi connectivity index (χ0n) is 15.1. The minimum atomic E-state index is -3.56. The van der Waals surface area contributed by atoms with E-state index in [-0.39, 0.29) is 11.2 Å². The molecule has 0 bridgehead atoms. The second kappa shape index (κ2) is 7.70. The van der Waals surface area contributed by atoms with Gasteiger partial charge in [0.25, 0.3) is 0 Å². The summed E-state index contributed by atoms with van der Waals surface area (Å²) in [7, 11) is -3.56. The van der Waals surface area contributed by atoms with Gasteiger partial charge in [-0.1, -0.05) is 51.1 Å². The summed E-state index contributed by atoms with van der Waals surface area (Å²) in [5, 5.41) is 3.54. The van der Waals surface area contributed by atoms with Gasteiger partial charge < -0.3 is 5.32 Å². The highest BCUT2D eigenvalue weighted by Gasteiger charge is 2.28. The van der Waals surface area contributed by atoms with Gasteiger partial charge in [-0.2, -0.15) is 0 Å². The lowest BCUT2D eigenvalue weighted by Gasteiger charge is -2.19. The van der Waals surface area contributed by atoms with Crippen molar-refractivity contribution >= 4 is 27.1 Å². The van der Waals surface area contributed by atoms with Crippen molar-refractivity contribution in [3.05, 3.63) is 57.8 Å². The topological polar surface area (TPSA) is 63.2 Å². The van der Waals surface area contributed by atoms with E-state index in [9.17, 15) is 13.2 Å². The Labute approximate surface area is 154 Å². The molecule has 4 nitrogen and oxygen atoms in total. The van der Waals surface area contributed by atoms with E-state index in [0.29, 0.717) is 12.1 Å². The Morgan fingerprint density at radius 3 is 2.32 bits per heavy atom. The van der Waals surface area contributed by atoms with Gasteiger partial charge in [0.15, 0.2) is 9.84 Å². The zero-order chi connectivity index (χ0) is 18.7. The number of nitrogens with one attached hydrogen (secondary N) is 1. The second-order valence-electron chi connectivity index (χ2n) is 7.19. The van der Waals surface area contributed by atoms with E-state index in [4.69, 9.17) is 0 Å². The Morgan fingerprint density at radius 1 is 1.16 bits per heavy atom. The minimum Gasteiger partial charge on any atom is -0.350 e. The number of hydrogen-bond donors (Lipinski definition) is 1. The highest BCUT2D eigenvalue weighted by Crippen LogP contribution is 2.23. The van der Waals surface area contributed by atoms with E-state index in [2.05, 4.69) is 26.1 Å². The lowest BCUT2D eigenvalue weighted by Crippen LogP contribution is -2.38. The lowest BCUT2D eigenvalue weighted by atomic mass is 9.87. The van der Waals surface area contributed by atoms with Crippen molar-refractivity contribution in [2.45, 2.75) is 50.7 Å². The molecule has 1 aromatic carbocycles. The Balaban J connectivity index is 2.00. The largest absolute Gasteiger partial charge is 0.350 e. The Kier molecular flexibility index (Phi) is 6.06. The molecule has 2 aromatic rings. The SMILES string of the molecule is CC(C(=O)NCc1cccs1)S(=O)(=O)Cc1ccc(C(C)(C)C)cc1. The highest BCUT2D eigenvalue weighted by atomic mass is 32.2. The Bertz CT molecular complexity index is 801. The third-order valence-electron chi connectivity index (χ3n) is 4.11. The third-order valence-corrected chi connectivity index (χ3v) is 7.02. The smallest absolute Gasteiger partial charge is 0.238 e. The summed E-state index contributed by atoms with van der Waals surface area (Å²) in [4.78, 5) is 13.2. The fourth-order valence-electron chi connectivity index (χ4n) is 2.35. The number of benzene rings is 1. The number of hydrogen-bond acceptors (Lipinski definition) is 4. The van der Waals surface area contributed by atoms with Crippen LogP contribution in [0.15, 0.2) is 41.8 Å². The van der Waals surface area contributed by atoms with E-state index in [1.54, 1.807) is 0 Å². The molecule has 1 N–H and O–H groups in total. The first kappa shape index (κ1) is 19.7. The van der Waals surface area contributed by atoms with Gasteiger partial charge in [-0.15, -0.1) is 11.3 Å². The van der Waals surface area contributed by atoms with Crippen LogP contribution in [0.4, 0.5) is 0 Å². The summed E-state index contributed by atoms with van der Waals surface area (Å²) in [5.74, 6) is -0.593. The number of thiophene rings is 1. The van der Waals surface area contributed by atoms with Crippen molar-refractivity contribution in [3.63, 3.8) is 0 Å². The van der Waals surface area contributed by atoms with E-state index < -0.39 is 21.0 Å². The predicted octanol–water partition coefficient (Wildman–Crippen LogP) is 3.67. The molecule has 25 heavy (non-hydrogen) atoms. The fraction of sp³-hybridized carbons (Fsp3) is 0.421. The van der Waals surface area contributed by atoms with Crippen LogP contribution in [0.3, 0.4) is 0 Å². The van der Waals surface area contributed by atoms with E-state index in [1.165, 1.54) is 18.3 Å². The molecule has 1 heterocycles. The Hall–Kier alpha value is -1.66. The van der Waals surface area contributed by atoms with Crippen LogP contribution in [0.5, 0.6) is 0 Å². The van der Waals surface area contributed by atoms with Gasteiger partial charge in [0.2, 0.25) is 5.91 Å². The maximum atomic E-state index is 12.5. The lowest BCUT2D eigenvalue weighted by molar-refractivity contribution is -0.120. The van der Waals surface area contributed by atoms with Gasteiger partial charge in [-0.3, -0.25) is 4.79 Å². The summed E-state index contributed by atoms with van der Waals surface area (Å²) in [5.41, 5.74) is 1.87. The van der Waals surface area contributed by atoms with Gasteiger partial charge >= 0.3 is 0 Å². The maximum Gasteiger partial charge on any atom is 0.238 e. The molecule has 0 saturated carbocycles. The fourth-order valence-corrected chi connectivity index (χ4v) is 4.31. The van der Waals surface area contributed by atoms with Gasteiger partial charge in [0.05, 0.1) is 12.3 Å². The summed E-state index contributed by atoms with van der Waals surface area (Å²) >= 11 is 1.53. The molecule has 2 rings (SSSR count). The zero-order valence-corrected chi connectivity index (χ0v) is 16.7. The molecule has 0 saturated heterocycles. The number of sulfone groups is 1. The van der Waals surface area contributed by atoms with Crippen LogP contribution in [0.1, 0.15) is 43.7 Å². The van der Waals surface area contributed by atoms with Gasteiger partial charge in [0.1, 0.15) is 5.25 Å². The second-order valence-corrected chi connectivity index (χ2v) is 10.5. The maximum absolute atomic E-state index is 12.5. The van der Waals surface area contributed by atoms with Crippen LogP contribution in [-0.4, -0.2) is 19.6 Å². The van der Waals surface area contributed by atoms with Crippen molar-refractivity contribution in [1.29, 1.82) is 0 Å². The molecular formula is C19H25NO3S2. The third kappa shape index (κ3) is 5.41. The first-order chi connectivity index (χ1) is 11.6. The molecule has 0 aliphatic carbocycles. The molecular weight excluding hydrogens is 354 g/mol. The number of rotatable bonds is 6. The average molecular weight is 380 g/mol. The molecule has 1 amide bonds. The Morgan fingerprint density at radius 2 is 1.80 bits per heavy atom. The van der Waals surface area contributed by atoms with Crippen molar-refractivity contribution in [1.82, 2.24) is 5.32 Å². The molecule has 0 aliphatic rings. The molecule has 0 spiro atoms. The van der Waals surface area contributed by atoms with Crippen molar-refractivity contribution in [2.75, 3.05) is 0 Å². The number of amides is 1. The predicted molar refractivity (Wildman–Crippen MR) is 103 cm³/mol.